The van der Waals surface area contributed by atoms with Crippen molar-refractivity contribution < 1.29 is 8.87 Å². The minimum absolute atomic E-state index is 0.130. The summed E-state index contributed by atoms with van der Waals surface area (Å²) >= 11 is 0. The second kappa shape index (κ2) is 3.56. The Morgan fingerprint density at radius 2 is 2.00 bits per heavy atom. The van der Waals surface area contributed by atoms with Crippen molar-refractivity contribution in [1.29, 1.82) is 0 Å². The van der Waals surface area contributed by atoms with Gasteiger partial charge >= 0.3 is 0 Å². The van der Waals surface area contributed by atoms with Gasteiger partial charge in [-0.2, -0.15) is 0 Å². The lowest BCUT2D eigenvalue weighted by atomic mass is 10.1. The molecule has 1 saturated carbocycles. The summed E-state index contributed by atoms with van der Waals surface area (Å²) in [5, 5.41) is 0. The minimum Gasteiger partial charge on any atom is -0.320 e. The van der Waals surface area contributed by atoms with Crippen LogP contribution < -0.4 is 0 Å². The first kappa shape index (κ1) is 10.3. The van der Waals surface area contributed by atoms with Crippen LogP contribution >= 0.6 is 0 Å². The van der Waals surface area contributed by atoms with Gasteiger partial charge in [0.05, 0.1) is 19.6 Å². The summed E-state index contributed by atoms with van der Waals surface area (Å²) in [5.74, 6) is 0.824. The summed E-state index contributed by atoms with van der Waals surface area (Å²) in [6, 6.07) is 7.89. The minimum atomic E-state index is -0.130. The van der Waals surface area contributed by atoms with Crippen LogP contribution in [-0.4, -0.2) is 24.1 Å². The summed E-state index contributed by atoms with van der Waals surface area (Å²) in [4.78, 5) is 0. The molecule has 0 radical (unpaired) electrons. The van der Waals surface area contributed by atoms with E-state index in [0.29, 0.717) is 0 Å². The molecule has 0 amide bonds. The highest BCUT2D eigenvalue weighted by atomic mass is 19.1. The third kappa shape index (κ3) is 1.65. The highest BCUT2D eigenvalue weighted by molar-refractivity contribution is 5.15. The van der Waals surface area contributed by atoms with Gasteiger partial charge in [0.15, 0.2) is 0 Å². The number of benzene rings is 1. The lowest BCUT2D eigenvalue weighted by Crippen LogP contribution is -2.49. The molecule has 2 heteroatoms. The molecular weight excluding hydrogens is 201 g/mol. The summed E-state index contributed by atoms with van der Waals surface area (Å²) in [6.45, 7) is 2.39. The second-order valence-corrected chi connectivity index (χ2v) is 5.78. The average molecular weight is 220 g/mol. The lowest BCUT2D eigenvalue weighted by molar-refractivity contribution is -0.938. The quantitative estimate of drug-likeness (QED) is 0.672. The molecule has 0 aromatic heterocycles. The number of hydrogen-bond acceptors (Lipinski definition) is 0. The van der Waals surface area contributed by atoms with Gasteiger partial charge in [0.2, 0.25) is 0 Å². The van der Waals surface area contributed by atoms with Gasteiger partial charge in [-0.1, -0.05) is 12.1 Å². The van der Waals surface area contributed by atoms with Crippen LogP contribution in [-0.2, 0) is 6.54 Å². The van der Waals surface area contributed by atoms with Crippen molar-refractivity contribution in [3.8, 4) is 0 Å². The zero-order valence-electron chi connectivity index (χ0n) is 9.82. The molecule has 2 unspecified atom stereocenters. The van der Waals surface area contributed by atoms with Crippen molar-refractivity contribution in [2.24, 2.45) is 5.92 Å². The SMILES string of the molecule is C[N@@+]1(Cc2ccc(F)cc2)CC2CCC1C2. The number of quaternary nitrogens is 1. The Kier molecular flexibility index (Phi) is 2.28. The average Bonchev–Trinajstić information content (AvgIpc) is 2.81. The van der Waals surface area contributed by atoms with E-state index in [-0.39, 0.29) is 5.82 Å². The van der Waals surface area contributed by atoms with Crippen LogP contribution in [0, 0.1) is 11.7 Å². The van der Waals surface area contributed by atoms with Gasteiger partial charge in [0, 0.05) is 17.9 Å². The fraction of sp³-hybridized carbons (Fsp3) is 0.571. The maximum atomic E-state index is 12.8. The van der Waals surface area contributed by atoms with Gasteiger partial charge in [-0.25, -0.2) is 4.39 Å². The first-order valence-electron chi connectivity index (χ1n) is 6.24. The molecule has 1 aliphatic carbocycles. The van der Waals surface area contributed by atoms with Gasteiger partial charge in [-0.05, 0) is 25.0 Å². The summed E-state index contributed by atoms with van der Waals surface area (Å²) in [7, 11) is 2.37. The molecule has 0 N–H and O–H groups in total. The van der Waals surface area contributed by atoms with Gasteiger partial charge in [-0.3, -0.25) is 0 Å². The zero-order chi connectivity index (χ0) is 11.2. The normalized spacial score (nSPS) is 36.9. The largest absolute Gasteiger partial charge is 0.320 e. The Balaban J connectivity index is 1.77. The third-order valence-corrected chi connectivity index (χ3v) is 4.53. The molecule has 86 valence electrons. The van der Waals surface area contributed by atoms with Crippen molar-refractivity contribution in [1.82, 2.24) is 0 Å². The van der Waals surface area contributed by atoms with E-state index in [1.54, 1.807) is 12.1 Å². The molecule has 3 rings (SSSR count). The van der Waals surface area contributed by atoms with Crippen LogP contribution in [0.4, 0.5) is 4.39 Å². The van der Waals surface area contributed by atoms with Crippen molar-refractivity contribution in [3.63, 3.8) is 0 Å². The number of likely N-dealkylation sites (tertiary alicyclic amines) is 1. The molecule has 2 fully saturated rings. The van der Waals surface area contributed by atoms with Gasteiger partial charge in [-0.15, -0.1) is 0 Å². The smallest absolute Gasteiger partial charge is 0.123 e. The van der Waals surface area contributed by atoms with Crippen LogP contribution in [0.2, 0.25) is 0 Å². The molecule has 3 atom stereocenters. The van der Waals surface area contributed by atoms with Crippen LogP contribution in [0.1, 0.15) is 24.8 Å². The zero-order valence-corrected chi connectivity index (χ0v) is 9.82. The van der Waals surface area contributed by atoms with Gasteiger partial charge < -0.3 is 4.48 Å². The van der Waals surface area contributed by atoms with Crippen molar-refractivity contribution >= 4 is 0 Å². The second-order valence-electron chi connectivity index (χ2n) is 5.78. The number of hydrogen-bond donors (Lipinski definition) is 0. The molecule has 2 bridgehead atoms. The maximum absolute atomic E-state index is 12.8. The Morgan fingerprint density at radius 1 is 1.25 bits per heavy atom. The fourth-order valence-electron chi connectivity index (χ4n) is 3.72. The summed E-state index contributed by atoms with van der Waals surface area (Å²) < 4.78 is 14.0. The van der Waals surface area contributed by atoms with Gasteiger partial charge in [0.25, 0.3) is 0 Å². The number of piperidine rings is 1. The van der Waals surface area contributed by atoms with E-state index in [4.69, 9.17) is 0 Å². The van der Waals surface area contributed by atoms with Crippen molar-refractivity contribution in [2.45, 2.75) is 31.8 Å². The molecule has 2 aliphatic rings. The summed E-state index contributed by atoms with van der Waals surface area (Å²) in [5.41, 5.74) is 1.27. The van der Waals surface area contributed by atoms with Crippen LogP contribution in [0.25, 0.3) is 0 Å². The predicted octanol–water partition coefficient (Wildman–Crippen LogP) is 2.95. The number of rotatable bonds is 2. The Morgan fingerprint density at radius 3 is 2.56 bits per heavy atom. The highest BCUT2D eigenvalue weighted by Crippen LogP contribution is 2.42. The summed E-state index contributed by atoms with van der Waals surface area (Å²) in [6.07, 6.45) is 4.24. The predicted molar refractivity (Wildman–Crippen MR) is 62.3 cm³/mol. The maximum Gasteiger partial charge on any atom is 0.123 e. The van der Waals surface area contributed by atoms with Crippen LogP contribution in [0.5, 0.6) is 0 Å². The highest BCUT2D eigenvalue weighted by Gasteiger charge is 2.48. The molecule has 1 aliphatic heterocycles. The third-order valence-electron chi connectivity index (χ3n) is 4.53. The van der Waals surface area contributed by atoms with Gasteiger partial charge in [0.1, 0.15) is 12.4 Å². The van der Waals surface area contributed by atoms with E-state index in [1.165, 1.54) is 35.9 Å². The van der Waals surface area contributed by atoms with Crippen LogP contribution in [0.3, 0.4) is 0 Å². The molecule has 16 heavy (non-hydrogen) atoms. The number of halogens is 1. The Bertz CT molecular complexity index is 386. The molecule has 1 aromatic carbocycles. The fourth-order valence-corrected chi connectivity index (χ4v) is 3.72. The first-order valence-corrected chi connectivity index (χ1v) is 6.24. The van der Waals surface area contributed by atoms with E-state index >= 15 is 0 Å². The monoisotopic (exact) mass is 220 g/mol. The van der Waals surface area contributed by atoms with Crippen LogP contribution in [0.15, 0.2) is 24.3 Å². The van der Waals surface area contributed by atoms with E-state index in [9.17, 15) is 4.39 Å². The number of fused-ring (bicyclic) bond motifs is 2. The Hall–Kier alpha value is -0.890. The standard InChI is InChI=1S/C14H19FN/c1-16(10-12-4-7-14(16)8-12)9-11-2-5-13(15)6-3-11/h2-3,5-6,12,14H,4,7-10H2,1H3/q+1/t12?,14?,16-/m1/s1. The topological polar surface area (TPSA) is 0 Å². The lowest BCUT2D eigenvalue weighted by Gasteiger charge is -2.38. The molecule has 1 saturated heterocycles. The van der Waals surface area contributed by atoms with E-state index in [2.05, 4.69) is 7.05 Å². The van der Waals surface area contributed by atoms with E-state index < -0.39 is 0 Å². The molecule has 0 spiro atoms. The van der Waals surface area contributed by atoms with E-state index in [0.717, 1.165) is 18.5 Å². The first-order chi connectivity index (χ1) is 7.66. The van der Waals surface area contributed by atoms with Crippen molar-refractivity contribution in [2.75, 3.05) is 13.6 Å². The molecule has 1 heterocycles. The number of nitrogens with zero attached hydrogens (tertiary/aromatic N) is 1. The van der Waals surface area contributed by atoms with Crippen molar-refractivity contribution in [3.05, 3.63) is 35.6 Å². The molecule has 1 nitrogen and oxygen atoms in total. The molecule has 1 aromatic rings. The Labute approximate surface area is 96.5 Å². The molecular formula is C14H19FN+. The van der Waals surface area contributed by atoms with E-state index in [1.807, 2.05) is 12.1 Å².